The zero-order chi connectivity index (χ0) is 13.0. The summed E-state index contributed by atoms with van der Waals surface area (Å²) in [4.78, 5) is 17.6. The maximum atomic E-state index is 11.4. The first-order chi connectivity index (χ1) is 8.69. The molecule has 1 aromatic rings. The Bertz CT molecular complexity index is 397. The summed E-state index contributed by atoms with van der Waals surface area (Å²) < 4.78 is 15.5. The second kappa shape index (κ2) is 5.86. The van der Waals surface area contributed by atoms with Gasteiger partial charge in [-0.25, -0.2) is 4.79 Å². The number of piperidine rings is 1. The number of esters is 1. The first kappa shape index (κ1) is 12.9. The Balaban J connectivity index is 1.88. The Morgan fingerprint density at radius 3 is 2.94 bits per heavy atom. The van der Waals surface area contributed by atoms with Gasteiger partial charge in [0.2, 0.25) is 0 Å². The fraction of sp³-hybridized carbons (Fsp3) is 0.667. The number of carbonyl (C=O) groups is 1. The van der Waals surface area contributed by atoms with Crippen molar-refractivity contribution < 1.29 is 18.7 Å². The van der Waals surface area contributed by atoms with E-state index >= 15 is 0 Å². The van der Waals surface area contributed by atoms with Crippen LogP contribution in [-0.4, -0.2) is 48.7 Å². The summed E-state index contributed by atoms with van der Waals surface area (Å²) in [7, 11) is 2.08. The summed E-state index contributed by atoms with van der Waals surface area (Å²) in [5.74, 6) is -0.487. The van der Waals surface area contributed by atoms with Crippen molar-refractivity contribution in [1.82, 2.24) is 9.88 Å². The fourth-order valence-corrected chi connectivity index (χ4v) is 1.86. The van der Waals surface area contributed by atoms with Crippen LogP contribution in [0.25, 0.3) is 0 Å². The third-order valence-electron chi connectivity index (χ3n) is 2.90. The van der Waals surface area contributed by atoms with Crippen LogP contribution in [0, 0.1) is 0 Å². The Kier molecular flexibility index (Phi) is 4.19. The maximum absolute atomic E-state index is 11.4. The van der Waals surface area contributed by atoms with E-state index in [1.165, 1.54) is 6.26 Å². The van der Waals surface area contributed by atoms with E-state index in [9.17, 15) is 4.79 Å². The molecule has 0 unspecified atom stereocenters. The summed E-state index contributed by atoms with van der Waals surface area (Å²) in [5, 5.41) is 0. The smallest absolute Gasteiger partial charge is 0.394 e. The number of carbonyl (C=O) groups excluding carboxylic acids is 1. The number of likely N-dealkylation sites (tertiary alicyclic amines) is 1. The molecule has 0 bridgehead atoms. The summed E-state index contributed by atoms with van der Waals surface area (Å²) in [5.41, 5.74) is 0.153. The van der Waals surface area contributed by atoms with Gasteiger partial charge in [-0.15, -0.1) is 0 Å². The van der Waals surface area contributed by atoms with Gasteiger partial charge in [-0.2, -0.15) is 4.98 Å². The molecule has 18 heavy (non-hydrogen) atoms. The molecule has 0 atom stereocenters. The molecule has 0 N–H and O–H groups in total. The molecule has 0 spiro atoms. The number of hydrogen-bond acceptors (Lipinski definition) is 6. The topological polar surface area (TPSA) is 64.8 Å². The Labute approximate surface area is 106 Å². The first-order valence-electron chi connectivity index (χ1n) is 6.17. The van der Waals surface area contributed by atoms with Crippen molar-refractivity contribution in [2.45, 2.75) is 25.9 Å². The molecule has 100 valence electrons. The highest BCUT2D eigenvalue weighted by atomic mass is 16.6. The summed E-state index contributed by atoms with van der Waals surface area (Å²) in [6, 6.07) is 0. The quantitative estimate of drug-likeness (QED) is 0.755. The molecule has 1 aromatic heterocycles. The van der Waals surface area contributed by atoms with Crippen LogP contribution in [0.2, 0.25) is 0 Å². The molecule has 0 aliphatic carbocycles. The van der Waals surface area contributed by atoms with Crippen LogP contribution in [0.1, 0.15) is 30.3 Å². The van der Waals surface area contributed by atoms with E-state index in [4.69, 9.17) is 13.9 Å². The van der Waals surface area contributed by atoms with Gasteiger partial charge in [-0.3, -0.25) is 0 Å². The highest BCUT2D eigenvalue weighted by molar-refractivity contribution is 5.86. The molecule has 0 saturated carbocycles. The van der Waals surface area contributed by atoms with E-state index in [1.54, 1.807) is 6.92 Å². The lowest BCUT2D eigenvalue weighted by Gasteiger charge is -2.27. The van der Waals surface area contributed by atoms with Crippen LogP contribution in [0.15, 0.2) is 10.7 Å². The van der Waals surface area contributed by atoms with Crippen LogP contribution < -0.4 is 4.74 Å². The van der Waals surface area contributed by atoms with Crippen LogP contribution in [0.3, 0.4) is 0 Å². The van der Waals surface area contributed by atoms with E-state index in [0.29, 0.717) is 6.61 Å². The highest BCUT2D eigenvalue weighted by Crippen LogP contribution is 2.18. The number of rotatable bonds is 4. The number of hydrogen-bond donors (Lipinski definition) is 0. The predicted octanol–water partition coefficient (Wildman–Crippen LogP) is 1.32. The van der Waals surface area contributed by atoms with Gasteiger partial charge in [0.1, 0.15) is 12.4 Å². The third kappa shape index (κ3) is 3.22. The average molecular weight is 254 g/mol. The number of nitrogens with zero attached hydrogens (tertiary/aromatic N) is 2. The monoisotopic (exact) mass is 254 g/mol. The second-order valence-corrected chi connectivity index (χ2v) is 4.34. The molecule has 0 amide bonds. The van der Waals surface area contributed by atoms with E-state index in [2.05, 4.69) is 16.9 Å². The van der Waals surface area contributed by atoms with Crippen molar-refractivity contribution in [1.29, 1.82) is 0 Å². The normalized spacial score (nSPS) is 17.7. The first-order valence-corrected chi connectivity index (χ1v) is 6.17. The molecule has 0 radical (unpaired) electrons. The lowest BCUT2D eigenvalue weighted by Crippen LogP contribution is -2.35. The Morgan fingerprint density at radius 2 is 2.28 bits per heavy atom. The molecule has 2 heterocycles. The molecule has 1 saturated heterocycles. The largest absolute Gasteiger partial charge is 0.461 e. The minimum atomic E-state index is -0.487. The number of oxazole rings is 1. The lowest BCUT2D eigenvalue weighted by atomic mass is 10.1. The molecule has 6 nitrogen and oxygen atoms in total. The molecule has 2 rings (SSSR count). The maximum Gasteiger partial charge on any atom is 0.394 e. The van der Waals surface area contributed by atoms with Crippen molar-refractivity contribution in [3.63, 3.8) is 0 Å². The van der Waals surface area contributed by atoms with E-state index in [0.717, 1.165) is 25.9 Å². The van der Waals surface area contributed by atoms with Crippen molar-refractivity contribution in [3.8, 4) is 6.08 Å². The number of aromatic nitrogens is 1. The van der Waals surface area contributed by atoms with Crippen LogP contribution in [0.4, 0.5) is 0 Å². The summed E-state index contributed by atoms with van der Waals surface area (Å²) >= 11 is 0. The Hall–Kier alpha value is -1.56. The van der Waals surface area contributed by atoms with E-state index in [-0.39, 0.29) is 17.9 Å². The van der Waals surface area contributed by atoms with Gasteiger partial charge in [-0.05, 0) is 26.8 Å². The van der Waals surface area contributed by atoms with E-state index in [1.807, 2.05) is 0 Å². The van der Waals surface area contributed by atoms with E-state index < -0.39 is 5.97 Å². The third-order valence-corrected chi connectivity index (χ3v) is 2.90. The lowest BCUT2D eigenvalue weighted by molar-refractivity contribution is 0.0518. The summed E-state index contributed by atoms with van der Waals surface area (Å²) in [6.45, 7) is 4.05. The van der Waals surface area contributed by atoms with Gasteiger partial charge < -0.3 is 18.8 Å². The van der Waals surface area contributed by atoms with Crippen LogP contribution in [-0.2, 0) is 4.74 Å². The summed E-state index contributed by atoms with van der Waals surface area (Å²) in [6.07, 6.45) is 3.39. The molecule has 6 heteroatoms. The van der Waals surface area contributed by atoms with Crippen molar-refractivity contribution in [2.24, 2.45) is 0 Å². The van der Waals surface area contributed by atoms with Crippen LogP contribution in [0.5, 0.6) is 6.08 Å². The van der Waals surface area contributed by atoms with Crippen LogP contribution >= 0.6 is 0 Å². The van der Waals surface area contributed by atoms with Gasteiger partial charge >= 0.3 is 12.0 Å². The van der Waals surface area contributed by atoms with Crippen molar-refractivity contribution in [3.05, 3.63) is 12.0 Å². The molecular formula is C12H18N2O4. The Morgan fingerprint density at radius 1 is 1.56 bits per heavy atom. The SMILES string of the molecule is CCOC(=O)c1coc(OC2CCN(C)CC2)n1. The minimum absolute atomic E-state index is 0.106. The second-order valence-electron chi connectivity index (χ2n) is 4.34. The molecular weight excluding hydrogens is 236 g/mol. The van der Waals surface area contributed by atoms with Crippen molar-refractivity contribution in [2.75, 3.05) is 26.7 Å². The fourth-order valence-electron chi connectivity index (χ4n) is 1.86. The molecule has 1 fully saturated rings. The van der Waals surface area contributed by atoms with Gasteiger partial charge in [0.05, 0.1) is 6.61 Å². The van der Waals surface area contributed by atoms with Gasteiger partial charge in [0, 0.05) is 13.1 Å². The van der Waals surface area contributed by atoms with Crippen molar-refractivity contribution >= 4 is 5.97 Å². The van der Waals surface area contributed by atoms with Gasteiger partial charge in [0.15, 0.2) is 5.69 Å². The number of ether oxygens (including phenoxy) is 2. The highest BCUT2D eigenvalue weighted by Gasteiger charge is 2.21. The molecule has 0 aromatic carbocycles. The van der Waals surface area contributed by atoms with Gasteiger partial charge in [-0.1, -0.05) is 0 Å². The molecule has 1 aliphatic heterocycles. The standard InChI is InChI=1S/C12H18N2O4/c1-3-16-11(15)10-8-17-12(13-10)18-9-4-6-14(2)7-5-9/h8-9H,3-7H2,1-2H3. The average Bonchev–Trinajstić information content (AvgIpc) is 2.81. The zero-order valence-corrected chi connectivity index (χ0v) is 10.7. The minimum Gasteiger partial charge on any atom is -0.461 e. The molecule has 1 aliphatic rings. The predicted molar refractivity (Wildman–Crippen MR) is 63.6 cm³/mol. The van der Waals surface area contributed by atoms with Gasteiger partial charge in [0.25, 0.3) is 0 Å². The zero-order valence-electron chi connectivity index (χ0n) is 10.7.